The zero-order valence-electron chi connectivity index (χ0n) is 10.4. The SMILES string of the molecule is O=c1cccn[nH]1.c1ccc(-c2ccccc2)cc1. The van der Waals surface area contributed by atoms with Crippen LogP contribution in [0.15, 0.2) is 83.8 Å². The lowest BCUT2D eigenvalue weighted by molar-refractivity contribution is 0.988. The van der Waals surface area contributed by atoms with Crippen molar-refractivity contribution < 1.29 is 0 Å². The third kappa shape index (κ3) is 4.24. The molecular weight excluding hydrogens is 236 g/mol. The second-order valence-electron chi connectivity index (χ2n) is 3.85. The Morgan fingerprint density at radius 3 is 1.53 bits per heavy atom. The minimum atomic E-state index is -0.164. The van der Waals surface area contributed by atoms with Crippen LogP contribution in [0.4, 0.5) is 0 Å². The van der Waals surface area contributed by atoms with Crippen molar-refractivity contribution in [2.45, 2.75) is 0 Å². The Balaban J connectivity index is 0.000000163. The predicted molar refractivity (Wildman–Crippen MR) is 76.7 cm³/mol. The molecule has 1 heterocycles. The fraction of sp³-hybridized carbons (Fsp3) is 0. The first kappa shape index (κ1) is 12.8. The smallest absolute Gasteiger partial charge is 0.264 e. The molecule has 3 aromatic rings. The normalized spacial score (nSPS) is 9.26. The van der Waals surface area contributed by atoms with Crippen LogP contribution >= 0.6 is 0 Å². The average Bonchev–Trinajstić information content (AvgIpc) is 2.51. The summed E-state index contributed by atoms with van der Waals surface area (Å²) in [6, 6.07) is 23.8. The predicted octanol–water partition coefficient (Wildman–Crippen LogP) is 3.12. The lowest BCUT2D eigenvalue weighted by Crippen LogP contribution is -2.02. The highest BCUT2D eigenvalue weighted by molar-refractivity contribution is 5.62. The van der Waals surface area contributed by atoms with Gasteiger partial charge in [-0.05, 0) is 17.2 Å². The molecule has 0 atom stereocenters. The van der Waals surface area contributed by atoms with Gasteiger partial charge in [0.1, 0.15) is 0 Å². The first-order chi connectivity index (χ1) is 9.36. The summed E-state index contributed by atoms with van der Waals surface area (Å²) in [6.45, 7) is 0. The van der Waals surface area contributed by atoms with Gasteiger partial charge in [0.05, 0.1) is 0 Å². The standard InChI is InChI=1S/C12H10.C4H4N2O/c1-3-7-11(8-4-1)12-9-5-2-6-10-12;7-4-2-1-3-5-6-4/h1-10H;1-3H,(H,6,7). The summed E-state index contributed by atoms with van der Waals surface area (Å²) in [5.74, 6) is 0. The third-order valence-corrected chi connectivity index (χ3v) is 2.46. The summed E-state index contributed by atoms with van der Waals surface area (Å²) in [6.07, 6.45) is 1.52. The maximum Gasteiger partial charge on any atom is 0.264 e. The van der Waals surface area contributed by atoms with Gasteiger partial charge in [-0.15, -0.1) is 0 Å². The molecule has 0 unspecified atom stereocenters. The van der Waals surface area contributed by atoms with Gasteiger partial charge in [-0.1, -0.05) is 60.7 Å². The van der Waals surface area contributed by atoms with E-state index >= 15 is 0 Å². The van der Waals surface area contributed by atoms with Crippen molar-refractivity contribution in [3.8, 4) is 11.1 Å². The zero-order valence-corrected chi connectivity index (χ0v) is 10.4. The van der Waals surface area contributed by atoms with Crippen molar-refractivity contribution in [3.63, 3.8) is 0 Å². The molecular formula is C16H14N2O. The van der Waals surface area contributed by atoms with E-state index in [0.717, 1.165) is 0 Å². The number of H-pyrrole nitrogens is 1. The van der Waals surface area contributed by atoms with E-state index < -0.39 is 0 Å². The Kier molecular flexibility index (Phi) is 4.64. The molecule has 0 aliphatic heterocycles. The molecule has 0 aliphatic rings. The van der Waals surface area contributed by atoms with Gasteiger partial charge in [0.25, 0.3) is 5.56 Å². The molecule has 3 rings (SSSR count). The molecule has 0 spiro atoms. The maximum atomic E-state index is 10.2. The fourth-order valence-electron chi connectivity index (χ4n) is 1.57. The average molecular weight is 250 g/mol. The van der Waals surface area contributed by atoms with E-state index in [2.05, 4.69) is 58.7 Å². The van der Waals surface area contributed by atoms with Crippen LogP contribution in [0.25, 0.3) is 11.1 Å². The summed E-state index contributed by atoms with van der Waals surface area (Å²) in [5.41, 5.74) is 2.39. The molecule has 0 aliphatic carbocycles. The molecule has 1 N–H and O–H groups in total. The van der Waals surface area contributed by atoms with Gasteiger partial charge in [-0.2, -0.15) is 5.10 Å². The van der Waals surface area contributed by atoms with Crippen molar-refractivity contribution in [1.29, 1.82) is 0 Å². The molecule has 94 valence electrons. The summed E-state index contributed by atoms with van der Waals surface area (Å²) < 4.78 is 0. The van der Waals surface area contributed by atoms with Crippen LogP contribution < -0.4 is 5.56 Å². The molecule has 0 saturated carbocycles. The summed E-state index contributed by atoms with van der Waals surface area (Å²) >= 11 is 0. The lowest BCUT2D eigenvalue weighted by atomic mass is 10.1. The van der Waals surface area contributed by atoms with E-state index in [-0.39, 0.29) is 5.56 Å². The minimum Gasteiger partial charge on any atom is -0.268 e. The second-order valence-corrected chi connectivity index (χ2v) is 3.85. The molecule has 0 fully saturated rings. The highest BCUT2D eigenvalue weighted by Crippen LogP contribution is 2.17. The zero-order chi connectivity index (χ0) is 13.3. The molecule has 3 heteroatoms. The van der Waals surface area contributed by atoms with Crippen LogP contribution in [0, 0.1) is 0 Å². The van der Waals surface area contributed by atoms with Gasteiger partial charge >= 0.3 is 0 Å². The number of aromatic nitrogens is 2. The topological polar surface area (TPSA) is 45.8 Å². The van der Waals surface area contributed by atoms with Crippen LogP contribution in [0.3, 0.4) is 0 Å². The van der Waals surface area contributed by atoms with E-state index in [1.54, 1.807) is 6.07 Å². The van der Waals surface area contributed by atoms with Crippen molar-refractivity contribution in [2.24, 2.45) is 0 Å². The first-order valence-electron chi connectivity index (χ1n) is 5.96. The van der Waals surface area contributed by atoms with E-state index in [4.69, 9.17) is 0 Å². The van der Waals surface area contributed by atoms with Crippen molar-refractivity contribution >= 4 is 0 Å². The molecule has 3 nitrogen and oxygen atoms in total. The van der Waals surface area contributed by atoms with E-state index in [1.807, 2.05) is 12.1 Å². The van der Waals surface area contributed by atoms with Crippen LogP contribution in [0.5, 0.6) is 0 Å². The third-order valence-electron chi connectivity index (χ3n) is 2.46. The number of aromatic amines is 1. The quantitative estimate of drug-likeness (QED) is 0.721. The van der Waals surface area contributed by atoms with Crippen LogP contribution in [-0.2, 0) is 0 Å². The number of rotatable bonds is 1. The fourth-order valence-corrected chi connectivity index (χ4v) is 1.57. The van der Waals surface area contributed by atoms with Gasteiger partial charge in [-0.3, -0.25) is 4.79 Å². The summed E-state index contributed by atoms with van der Waals surface area (Å²) in [7, 11) is 0. The Hall–Kier alpha value is -2.68. The molecule has 0 saturated heterocycles. The number of nitrogens with one attached hydrogen (secondary N) is 1. The first-order valence-corrected chi connectivity index (χ1v) is 5.96. The monoisotopic (exact) mass is 250 g/mol. The molecule has 19 heavy (non-hydrogen) atoms. The Labute approximate surface area is 111 Å². The molecule has 1 aromatic heterocycles. The van der Waals surface area contributed by atoms with Gasteiger partial charge < -0.3 is 0 Å². The number of hydrogen-bond donors (Lipinski definition) is 1. The Bertz CT molecular complexity index is 593. The molecule has 2 aromatic carbocycles. The van der Waals surface area contributed by atoms with E-state index in [0.29, 0.717) is 0 Å². The Morgan fingerprint density at radius 2 is 1.21 bits per heavy atom. The van der Waals surface area contributed by atoms with Gasteiger partial charge in [0, 0.05) is 12.3 Å². The van der Waals surface area contributed by atoms with Gasteiger partial charge in [-0.25, -0.2) is 5.10 Å². The van der Waals surface area contributed by atoms with Gasteiger partial charge in [0.15, 0.2) is 0 Å². The van der Waals surface area contributed by atoms with E-state index in [9.17, 15) is 4.79 Å². The molecule has 0 amide bonds. The van der Waals surface area contributed by atoms with Crippen LogP contribution in [-0.4, -0.2) is 10.2 Å². The highest BCUT2D eigenvalue weighted by Gasteiger charge is 1.91. The maximum absolute atomic E-state index is 10.2. The van der Waals surface area contributed by atoms with E-state index in [1.165, 1.54) is 23.4 Å². The summed E-state index contributed by atoms with van der Waals surface area (Å²) in [5, 5.41) is 5.67. The van der Waals surface area contributed by atoms with Crippen molar-refractivity contribution in [3.05, 3.63) is 89.3 Å². The summed E-state index contributed by atoms with van der Waals surface area (Å²) in [4.78, 5) is 10.2. The van der Waals surface area contributed by atoms with Crippen molar-refractivity contribution in [2.75, 3.05) is 0 Å². The van der Waals surface area contributed by atoms with Gasteiger partial charge in [0.2, 0.25) is 0 Å². The number of benzene rings is 2. The van der Waals surface area contributed by atoms with Crippen LogP contribution in [0.1, 0.15) is 0 Å². The second kappa shape index (κ2) is 6.91. The largest absolute Gasteiger partial charge is 0.268 e. The van der Waals surface area contributed by atoms with Crippen LogP contribution in [0.2, 0.25) is 0 Å². The molecule has 0 radical (unpaired) electrons. The Morgan fingerprint density at radius 1 is 0.684 bits per heavy atom. The molecule has 0 bridgehead atoms. The minimum absolute atomic E-state index is 0.164. The number of nitrogens with zero attached hydrogens (tertiary/aromatic N) is 1. The van der Waals surface area contributed by atoms with Crippen molar-refractivity contribution in [1.82, 2.24) is 10.2 Å². The highest BCUT2D eigenvalue weighted by atomic mass is 16.1. The lowest BCUT2D eigenvalue weighted by Gasteiger charge is -1.98. The number of hydrogen-bond acceptors (Lipinski definition) is 2.